The summed E-state index contributed by atoms with van der Waals surface area (Å²) in [5, 5.41) is 7.38. The van der Waals surface area contributed by atoms with Crippen LogP contribution in [-0.2, 0) is 6.18 Å². The fourth-order valence-electron chi connectivity index (χ4n) is 2.63. The van der Waals surface area contributed by atoms with E-state index in [0.29, 0.717) is 5.69 Å². The average Bonchev–Trinajstić information content (AvgIpc) is 3.01. The highest BCUT2D eigenvalue weighted by Crippen LogP contribution is 2.35. The Hall–Kier alpha value is -2.05. The van der Waals surface area contributed by atoms with E-state index in [1.54, 1.807) is 6.07 Å². The normalized spacial score (nSPS) is 16.2. The third kappa shape index (κ3) is 2.86. The van der Waals surface area contributed by atoms with Crippen LogP contribution in [0.2, 0.25) is 0 Å². The van der Waals surface area contributed by atoms with Crippen LogP contribution in [0.15, 0.2) is 30.9 Å². The van der Waals surface area contributed by atoms with E-state index in [-0.39, 0.29) is 0 Å². The van der Waals surface area contributed by atoms with Crippen LogP contribution in [0.25, 0.3) is 5.69 Å². The van der Waals surface area contributed by atoms with Gasteiger partial charge >= 0.3 is 6.18 Å². The predicted molar refractivity (Wildman–Crippen MR) is 72.4 cm³/mol. The van der Waals surface area contributed by atoms with Gasteiger partial charge in [-0.05, 0) is 37.5 Å². The maximum Gasteiger partial charge on any atom is 0.416 e. The van der Waals surface area contributed by atoms with Gasteiger partial charge in [-0.3, -0.25) is 4.57 Å². The van der Waals surface area contributed by atoms with Gasteiger partial charge in [-0.15, -0.1) is 10.2 Å². The molecule has 0 N–H and O–H groups in total. The minimum absolute atomic E-state index is 0.469. The quantitative estimate of drug-likeness (QED) is 0.853. The van der Waals surface area contributed by atoms with E-state index in [2.05, 4.69) is 15.1 Å². The zero-order chi connectivity index (χ0) is 14.9. The molecular weight excluding hydrogens is 281 g/mol. The van der Waals surface area contributed by atoms with E-state index in [1.165, 1.54) is 23.6 Å². The summed E-state index contributed by atoms with van der Waals surface area (Å²) in [6, 6.07) is 3.84. The summed E-state index contributed by atoms with van der Waals surface area (Å²) in [5.41, 5.74) is 0.603. The number of alkyl halides is 3. The SMILES string of the molecule is FC(F)(F)c1ccc(N2CCCCC2)c(-n2cnnc2)c1. The van der Waals surface area contributed by atoms with Crippen LogP contribution < -0.4 is 4.90 Å². The van der Waals surface area contributed by atoms with Crippen molar-refractivity contribution < 1.29 is 13.2 Å². The van der Waals surface area contributed by atoms with Gasteiger partial charge in [0.2, 0.25) is 0 Å². The summed E-state index contributed by atoms with van der Waals surface area (Å²) in [5.74, 6) is 0. The van der Waals surface area contributed by atoms with Gasteiger partial charge in [0.25, 0.3) is 0 Å². The lowest BCUT2D eigenvalue weighted by Crippen LogP contribution is -2.30. The highest BCUT2D eigenvalue weighted by molar-refractivity contribution is 5.64. The Morgan fingerprint density at radius 1 is 0.905 bits per heavy atom. The van der Waals surface area contributed by atoms with Crippen LogP contribution in [0, 0.1) is 0 Å². The van der Waals surface area contributed by atoms with Crippen molar-refractivity contribution in [3.8, 4) is 5.69 Å². The average molecular weight is 296 g/mol. The predicted octanol–water partition coefficient (Wildman–Crippen LogP) is 3.28. The van der Waals surface area contributed by atoms with Crippen LogP contribution in [0.4, 0.5) is 18.9 Å². The first-order valence-electron chi connectivity index (χ1n) is 6.87. The smallest absolute Gasteiger partial charge is 0.370 e. The number of anilines is 1. The summed E-state index contributed by atoms with van der Waals surface area (Å²) in [6.07, 6.45) is 1.76. The van der Waals surface area contributed by atoms with E-state index in [0.717, 1.165) is 43.8 Å². The third-order valence-electron chi connectivity index (χ3n) is 3.70. The van der Waals surface area contributed by atoms with Crippen molar-refractivity contribution in [2.75, 3.05) is 18.0 Å². The van der Waals surface area contributed by atoms with Gasteiger partial charge in [0, 0.05) is 13.1 Å². The molecule has 0 atom stereocenters. The minimum Gasteiger partial charge on any atom is -0.370 e. The van der Waals surface area contributed by atoms with Crippen LogP contribution in [0.1, 0.15) is 24.8 Å². The second kappa shape index (κ2) is 5.38. The molecule has 0 aliphatic carbocycles. The molecule has 1 aliphatic heterocycles. The van der Waals surface area contributed by atoms with E-state index in [9.17, 15) is 13.2 Å². The maximum absolute atomic E-state index is 12.9. The molecule has 1 fully saturated rings. The molecule has 0 bridgehead atoms. The summed E-state index contributed by atoms with van der Waals surface area (Å²) in [4.78, 5) is 2.12. The lowest BCUT2D eigenvalue weighted by molar-refractivity contribution is -0.137. The Morgan fingerprint density at radius 3 is 2.19 bits per heavy atom. The summed E-state index contributed by atoms with van der Waals surface area (Å²) < 4.78 is 40.3. The number of rotatable bonds is 2. The van der Waals surface area contributed by atoms with Crippen molar-refractivity contribution in [3.63, 3.8) is 0 Å². The Labute approximate surface area is 120 Å². The van der Waals surface area contributed by atoms with Crippen LogP contribution in [0.5, 0.6) is 0 Å². The molecule has 7 heteroatoms. The van der Waals surface area contributed by atoms with Crippen molar-refractivity contribution in [1.82, 2.24) is 14.8 Å². The molecule has 3 rings (SSSR count). The fraction of sp³-hybridized carbons (Fsp3) is 0.429. The third-order valence-corrected chi connectivity index (χ3v) is 3.70. The zero-order valence-electron chi connectivity index (χ0n) is 11.3. The minimum atomic E-state index is -4.36. The Bertz CT molecular complexity index is 601. The van der Waals surface area contributed by atoms with E-state index in [1.807, 2.05) is 0 Å². The Balaban J connectivity index is 2.06. The highest BCUT2D eigenvalue weighted by Gasteiger charge is 2.31. The first-order chi connectivity index (χ1) is 10.1. The van der Waals surface area contributed by atoms with Gasteiger partial charge in [0.05, 0.1) is 16.9 Å². The van der Waals surface area contributed by atoms with Crippen LogP contribution >= 0.6 is 0 Å². The molecule has 1 aromatic heterocycles. The number of halogens is 3. The lowest BCUT2D eigenvalue weighted by atomic mass is 10.1. The Kier molecular flexibility index (Phi) is 3.57. The number of nitrogens with zero attached hydrogens (tertiary/aromatic N) is 4. The summed E-state index contributed by atoms with van der Waals surface area (Å²) in [6.45, 7) is 1.72. The first-order valence-corrected chi connectivity index (χ1v) is 6.87. The van der Waals surface area contributed by atoms with Crippen LogP contribution in [-0.4, -0.2) is 27.9 Å². The van der Waals surface area contributed by atoms with Gasteiger partial charge in [0.1, 0.15) is 12.7 Å². The standard InChI is InChI=1S/C14H15F3N4/c15-14(16,17)11-4-5-12(20-6-2-1-3-7-20)13(8-11)21-9-18-19-10-21/h4-5,8-10H,1-3,6-7H2. The molecule has 0 amide bonds. The lowest BCUT2D eigenvalue weighted by Gasteiger charge is -2.31. The van der Waals surface area contributed by atoms with Gasteiger partial charge in [0.15, 0.2) is 0 Å². The van der Waals surface area contributed by atoms with Gasteiger partial charge < -0.3 is 4.90 Å². The van der Waals surface area contributed by atoms with Crippen molar-refractivity contribution in [2.45, 2.75) is 25.4 Å². The number of hydrogen-bond donors (Lipinski definition) is 0. The number of piperidine rings is 1. The molecule has 1 saturated heterocycles. The molecule has 0 saturated carbocycles. The highest BCUT2D eigenvalue weighted by atomic mass is 19.4. The molecule has 0 radical (unpaired) electrons. The second-order valence-corrected chi connectivity index (χ2v) is 5.12. The molecule has 0 spiro atoms. The van der Waals surface area contributed by atoms with Crippen molar-refractivity contribution in [3.05, 3.63) is 36.4 Å². The Morgan fingerprint density at radius 2 is 1.57 bits per heavy atom. The van der Waals surface area contributed by atoms with Crippen molar-refractivity contribution in [2.24, 2.45) is 0 Å². The molecule has 2 heterocycles. The van der Waals surface area contributed by atoms with E-state index < -0.39 is 11.7 Å². The molecule has 0 unspecified atom stereocenters. The molecule has 1 aliphatic rings. The van der Waals surface area contributed by atoms with E-state index >= 15 is 0 Å². The first kappa shape index (κ1) is 13.9. The molecule has 112 valence electrons. The molecular formula is C14H15F3N4. The largest absolute Gasteiger partial charge is 0.416 e. The van der Waals surface area contributed by atoms with Gasteiger partial charge in [-0.2, -0.15) is 13.2 Å². The van der Waals surface area contributed by atoms with Crippen LogP contribution in [0.3, 0.4) is 0 Å². The maximum atomic E-state index is 12.9. The van der Waals surface area contributed by atoms with Crippen molar-refractivity contribution in [1.29, 1.82) is 0 Å². The van der Waals surface area contributed by atoms with Gasteiger partial charge in [-0.25, -0.2) is 0 Å². The fourth-order valence-corrected chi connectivity index (χ4v) is 2.63. The molecule has 2 aromatic rings. The molecule has 1 aromatic carbocycles. The summed E-state index contributed by atoms with van der Waals surface area (Å²) >= 11 is 0. The monoisotopic (exact) mass is 296 g/mol. The molecule has 4 nitrogen and oxygen atoms in total. The zero-order valence-corrected chi connectivity index (χ0v) is 11.3. The topological polar surface area (TPSA) is 34.0 Å². The number of aromatic nitrogens is 3. The second-order valence-electron chi connectivity index (χ2n) is 5.12. The number of benzene rings is 1. The van der Waals surface area contributed by atoms with Crippen molar-refractivity contribution >= 4 is 5.69 Å². The molecule has 21 heavy (non-hydrogen) atoms. The summed E-state index contributed by atoms with van der Waals surface area (Å²) in [7, 11) is 0. The number of hydrogen-bond acceptors (Lipinski definition) is 3. The van der Waals surface area contributed by atoms with Gasteiger partial charge in [-0.1, -0.05) is 0 Å². The van der Waals surface area contributed by atoms with E-state index in [4.69, 9.17) is 0 Å².